The van der Waals surface area contributed by atoms with E-state index in [0.717, 1.165) is 22.8 Å². The summed E-state index contributed by atoms with van der Waals surface area (Å²) in [7, 11) is 0. The number of amides is 2. The maximum atomic E-state index is 14.6. The number of para-hydroxylation sites is 1. The van der Waals surface area contributed by atoms with Crippen LogP contribution < -0.4 is 10.1 Å². The number of ether oxygens (including phenoxy) is 1. The summed E-state index contributed by atoms with van der Waals surface area (Å²) < 4.78 is 21.6. The Labute approximate surface area is 223 Å². The Bertz CT molecular complexity index is 1120. The lowest BCUT2D eigenvalue weighted by atomic mass is 9.82. The van der Waals surface area contributed by atoms with Crippen LogP contribution in [0, 0.1) is 15.3 Å². The molecule has 2 aromatic rings. The van der Waals surface area contributed by atoms with E-state index >= 15 is 0 Å². The summed E-state index contributed by atoms with van der Waals surface area (Å²) in [6.45, 7) is -0.164. The van der Waals surface area contributed by atoms with Crippen molar-refractivity contribution in [3.05, 3.63) is 75.1 Å². The van der Waals surface area contributed by atoms with Crippen molar-refractivity contribution in [3.63, 3.8) is 0 Å². The number of carbonyl (C=O) groups is 2. The van der Waals surface area contributed by atoms with Gasteiger partial charge in [0.05, 0.1) is 16.2 Å². The van der Waals surface area contributed by atoms with Gasteiger partial charge in [-0.25, -0.2) is 4.39 Å². The molecule has 0 unspecified atom stereocenters. The Morgan fingerprint density at radius 3 is 2.53 bits per heavy atom. The Morgan fingerprint density at radius 1 is 1.14 bits per heavy atom. The molecule has 0 heterocycles. The predicted molar refractivity (Wildman–Crippen MR) is 140 cm³/mol. The van der Waals surface area contributed by atoms with Crippen LogP contribution in [0.3, 0.4) is 0 Å². The summed E-state index contributed by atoms with van der Waals surface area (Å²) in [6, 6.07) is 12.8. The highest BCUT2D eigenvalue weighted by molar-refractivity contribution is 14.1. The summed E-state index contributed by atoms with van der Waals surface area (Å²) in [5.41, 5.74) is 0.683. The van der Waals surface area contributed by atoms with E-state index in [-0.39, 0.29) is 37.9 Å². The summed E-state index contributed by atoms with van der Waals surface area (Å²) in [5.74, 6) is -0.633. The molecule has 192 valence electrons. The van der Waals surface area contributed by atoms with E-state index in [2.05, 4.69) is 27.9 Å². The van der Waals surface area contributed by atoms with E-state index in [4.69, 9.17) is 9.84 Å². The lowest BCUT2D eigenvalue weighted by Gasteiger charge is -2.43. The normalized spacial score (nSPS) is 21.8. The van der Waals surface area contributed by atoms with E-state index in [1.165, 1.54) is 11.0 Å². The van der Waals surface area contributed by atoms with Crippen molar-refractivity contribution in [2.75, 3.05) is 13.2 Å². The van der Waals surface area contributed by atoms with Gasteiger partial charge >= 0.3 is 0 Å². The van der Waals surface area contributed by atoms with Crippen LogP contribution in [-0.2, 0) is 16.1 Å². The average molecular weight is 608 g/mol. The summed E-state index contributed by atoms with van der Waals surface area (Å²) in [6.07, 6.45) is 2.04. The van der Waals surface area contributed by atoms with Gasteiger partial charge < -0.3 is 25.2 Å². The zero-order valence-electron chi connectivity index (χ0n) is 19.8. The minimum absolute atomic E-state index is 0.0230. The highest BCUT2D eigenvalue weighted by Crippen LogP contribution is 2.34. The lowest BCUT2D eigenvalue weighted by Crippen LogP contribution is -2.56. The van der Waals surface area contributed by atoms with Crippen molar-refractivity contribution in [3.8, 4) is 5.75 Å². The monoisotopic (exact) mass is 608 g/mol. The molecular weight excluding hydrogens is 578 g/mol. The largest absolute Gasteiger partial charge is 0.482 e. The number of nitrogens with one attached hydrogen (secondary N) is 1. The van der Waals surface area contributed by atoms with Crippen molar-refractivity contribution in [2.24, 2.45) is 5.92 Å². The highest BCUT2D eigenvalue weighted by atomic mass is 127. The van der Waals surface area contributed by atoms with Crippen molar-refractivity contribution < 1.29 is 28.9 Å². The number of hydrogen-bond acceptors (Lipinski definition) is 5. The Morgan fingerprint density at radius 2 is 1.86 bits per heavy atom. The number of aliphatic hydroxyl groups excluding tert-OH is 2. The maximum absolute atomic E-state index is 14.6. The van der Waals surface area contributed by atoms with Gasteiger partial charge in [-0.05, 0) is 59.7 Å². The third-order valence-electron chi connectivity index (χ3n) is 6.75. The van der Waals surface area contributed by atoms with Gasteiger partial charge in [0.1, 0.15) is 23.8 Å². The van der Waals surface area contributed by atoms with Crippen molar-refractivity contribution in [1.29, 1.82) is 0 Å². The van der Waals surface area contributed by atoms with Gasteiger partial charge in [-0.1, -0.05) is 36.8 Å². The molecule has 0 bridgehead atoms. The summed E-state index contributed by atoms with van der Waals surface area (Å²) in [5, 5.41) is 23.3. The third-order valence-corrected chi connectivity index (χ3v) is 7.64. The molecule has 0 spiro atoms. The molecule has 0 radical (unpaired) electrons. The number of hydrogen-bond donors (Lipinski definition) is 3. The number of rotatable bonds is 9. The molecule has 0 aromatic heterocycles. The summed E-state index contributed by atoms with van der Waals surface area (Å²) >= 11 is 2.13. The van der Waals surface area contributed by atoms with E-state index in [1.807, 2.05) is 18.2 Å². The SMILES string of the molecule is O=C(NCCO)C1=C[C@H](Oc2ccccc2I)[C@@H](O)[C@H](N(Cc2ccccc2F)C(=O)C2CCC2)C1. The topological polar surface area (TPSA) is 99.1 Å². The number of carbonyl (C=O) groups excluding carboxylic acids is 2. The number of aliphatic hydroxyl groups is 2. The van der Waals surface area contributed by atoms with Gasteiger partial charge in [-0.2, -0.15) is 0 Å². The van der Waals surface area contributed by atoms with Crippen LogP contribution in [0.2, 0.25) is 0 Å². The van der Waals surface area contributed by atoms with Gasteiger partial charge in [0.2, 0.25) is 11.8 Å². The molecule has 3 atom stereocenters. The fraction of sp³-hybridized carbons (Fsp3) is 0.407. The highest BCUT2D eigenvalue weighted by Gasteiger charge is 2.43. The quantitative estimate of drug-likeness (QED) is 0.380. The fourth-order valence-electron chi connectivity index (χ4n) is 4.52. The molecule has 4 rings (SSSR count). The molecule has 2 aliphatic rings. The molecule has 9 heteroatoms. The van der Waals surface area contributed by atoms with Crippen LogP contribution in [0.1, 0.15) is 31.2 Å². The van der Waals surface area contributed by atoms with Crippen molar-refractivity contribution in [1.82, 2.24) is 10.2 Å². The van der Waals surface area contributed by atoms with E-state index in [1.54, 1.807) is 30.3 Å². The van der Waals surface area contributed by atoms with Crippen molar-refractivity contribution >= 4 is 34.4 Å². The van der Waals surface area contributed by atoms with Gasteiger partial charge in [-0.15, -0.1) is 0 Å². The predicted octanol–water partition coefficient (Wildman–Crippen LogP) is 3.17. The summed E-state index contributed by atoms with van der Waals surface area (Å²) in [4.78, 5) is 28.0. The van der Waals surface area contributed by atoms with Gasteiger partial charge in [0.15, 0.2) is 0 Å². The van der Waals surface area contributed by atoms with Crippen LogP contribution in [0.4, 0.5) is 4.39 Å². The van der Waals surface area contributed by atoms with Gasteiger partial charge in [0, 0.05) is 36.6 Å². The number of halogens is 2. The van der Waals surface area contributed by atoms with Crippen LogP contribution in [0.5, 0.6) is 5.75 Å². The molecular formula is C27H30FIN2O5. The first-order chi connectivity index (χ1) is 17.4. The minimum atomic E-state index is -1.15. The Balaban J connectivity index is 1.68. The smallest absolute Gasteiger partial charge is 0.247 e. The van der Waals surface area contributed by atoms with Gasteiger partial charge in [0.25, 0.3) is 0 Å². The first-order valence-electron chi connectivity index (χ1n) is 12.1. The lowest BCUT2D eigenvalue weighted by molar-refractivity contribution is -0.146. The van der Waals surface area contributed by atoms with Crippen LogP contribution >= 0.6 is 22.6 Å². The van der Waals surface area contributed by atoms with E-state index in [9.17, 15) is 19.1 Å². The fourth-order valence-corrected chi connectivity index (χ4v) is 5.04. The van der Waals surface area contributed by atoms with Crippen LogP contribution in [0.25, 0.3) is 0 Å². The molecule has 7 nitrogen and oxygen atoms in total. The third kappa shape index (κ3) is 6.07. The molecule has 0 aliphatic heterocycles. The van der Waals surface area contributed by atoms with Gasteiger partial charge in [-0.3, -0.25) is 9.59 Å². The molecule has 2 aliphatic carbocycles. The van der Waals surface area contributed by atoms with Crippen LogP contribution in [0.15, 0.2) is 60.2 Å². The second-order valence-electron chi connectivity index (χ2n) is 9.13. The molecule has 2 amide bonds. The molecule has 2 aromatic carbocycles. The maximum Gasteiger partial charge on any atom is 0.247 e. The first-order valence-corrected chi connectivity index (χ1v) is 13.2. The zero-order chi connectivity index (χ0) is 25.7. The van der Waals surface area contributed by atoms with E-state index < -0.39 is 30.0 Å². The zero-order valence-corrected chi connectivity index (χ0v) is 21.9. The standard InChI is InChI=1S/C27H30FIN2O5/c28-20-9-2-1-6-18(20)16-31(27(35)17-7-5-8-17)22-14-19(26(34)30-12-13-32)15-24(25(22)33)36-23-11-4-3-10-21(23)29/h1-4,6,9-11,15,17,22,24-25,32-33H,5,7-8,12-14,16H2,(H,30,34)/t22-,24+,25+/m1/s1. The number of benzene rings is 2. The second kappa shape index (κ2) is 12.2. The molecule has 1 saturated carbocycles. The minimum Gasteiger partial charge on any atom is -0.482 e. The number of nitrogens with zero attached hydrogens (tertiary/aromatic N) is 1. The first kappa shape index (κ1) is 26.6. The molecule has 1 fully saturated rings. The molecule has 0 saturated heterocycles. The molecule has 3 N–H and O–H groups in total. The average Bonchev–Trinajstić information content (AvgIpc) is 2.83. The van der Waals surface area contributed by atoms with Crippen LogP contribution in [-0.4, -0.2) is 58.3 Å². The van der Waals surface area contributed by atoms with E-state index in [0.29, 0.717) is 16.9 Å². The molecule has 36 heavy (non-hydrogen) atoms. The second-order valence-corrected chi connectivity index (χ2v) is 10.3. The Hall–Kier alpha value is -2.50. The van der Waals surface area contributed by atoms with Crippen molar-refractivity contribution in [2.45, 2.75) is 50.5 Å². The Kier molecular flexibility index (Phi) is 8.97.